The summed E-state index contributed by atoms with van der Waals surface area (Å²) in [5.74, 6) is 0.826. The molecule has 11 rings (SSSR count). The molecule has 0 atom stereocenters. The van der Waals surface area contributed by atoms with Gasteiger partial charge in [-0.15, -0.1) is 11.3 Å². The smallest absolute Gasteiger partial charge is 0.165 e. The molecule has 3 aromatic heterocycles. The Labute approximate surface area is 291 Å². The molecule has 232 valence electrons. The van der Waals surface area contributed by atoms with E-state index in [4.69, 9.17) is 9.97 Å². The first-order chi connectivity index (χ1) is 24.8. The van der Waals surface area contributed by atoms with E-state index in [1.165, 1.54) is 63.6 Å². The van der Waals surface area contributed by atoms with E-state index >= 15 is 0 Å². The Morgan fingerprint density at radius 2 is 1.06 bits per heavy atom. The van der Waals surface area contributed by atoms with E-state index in [0.29, 0.717) is 0 Å². The van der Waals surface area contributed by atoms with Gasteiger partial charge in [0.15, 0.2) is 5.82 Å². The lowest BCUT2D eigenvalue weighted by Crippen LogP contribution is -2.04. The monoisotopic (exact) mass is 653 g/mol. The van der Waals surface area contributed by atoms with E-state index in [0.717, 1.165) is 39.1 Å². The van der Waals surface area contributed by atoms with Crippen molar-refractivity contribution in [3.05, 3.63) is 164 Å². The molecule has 0 aliphatic carbocycles. The first-order valence-electron chi connectivity index (χ1n) is 16.9. The van der Waals surface area contributed by atoms with E-state index in [1.54, 1.807) is 0 Å². The number of fused-ring (bicyclic) bond motifs is 11. The number of aromatic nitrogens is 3. The molecule has 0 fully saturated rings. The average Bonchev–Trinajstić information content (AvgIpc) is 3.74. The highest BCUT2D eigenvalue weighted by molar-refractivity contribution is 7.26. The third-order valence-corrected chi connectivity index (χ3v) is 11.4. The zero-order chi connectivity index (χ0) is 32.8. The van der Waals surface area contributed by atoms with E-state index in [-0.39, 0.29) is 0 Å². The first-order valence-corrected chi connectivity index (χ1v) is 17.7. The maximum atomic E-state index is 5.44. The molecule has 0 amide bonds. The van der Waals surface area contributed by atoms with Crippen molar-refractivity contribution < 1.29 is 0 Å². The highest BCUT2D eigenvalue weighted by atomic mass is 32.1. The number of para-hydroxylation sites is 3. The quantitative estimate of drug-likeness (QED) is 0.190. The third-order valence-electron chi connectivity index (χ3n) is 10.2. The Morgan fingerprint density at radius 3 is 1.86 bits per heavy atom. The van der Waals surface area contributed by atoms with Crippen molar-refractivity contribution in [2.24, 2.45) is 0 Å². The fraction of sp³-hybridized carbons (Fsp3) is 0. The number of thiophene rings is 1. The third kappa shape index (κ3) is 3.91. The average molecular weight is 654 g/mol. The van der Waals surface area contributed by atoms with Crippen LogP contribution in [0, 0.1) is 0 Å². The lowest BCUT2D eigenvalue weighted by atomic mass is 9.97. The molecule has 0 saturated carbocycles. The minimum atomic E-state index is 0.826. The first kappa shape index (κ1) is 27.6. The standard InChI is InChI=1S/C46H27N3S/c1-2-14-30(15-3-1)43-46(48-38-23-9-8-22-37(38)47-43)49-39-26-24-28-12-4-6-16-31(28)41(39)35-20-10-18-33(44(35)49)34-19-11-21-36-42-32-17-7-5-13-29(32)25-27-40(42)50-45(34)36/h1-27H. The summed E-state index contributed by atoms with van der Waals surface area (Å²) in [6.45, 7) is 0. The highest BCUT2D eigenvalue weighted by Gasteiger charge is 2.24. The SMILES string of the molecule is c1ccc(-c2nc3ccccc3nc2-n2c3ccc4ccccc4c3c3cccc(-c4cccc5c4sc4ccc6ccccc6c45)c32)cc1. The van der Waals surface area contributed by atoms with Crippen LogP contribution in [0.15, 0.2) is 164 Å². The van der Waals surface area contributed by atoms with E-state index in [9.17, 15) is 0 Å². The van der Waals surface area contributed by atoms with E-state index in [2.05, 4.69) is 156 Å². The van der Waals surface area contributed by atoms with E-state index in [1.807, 2.05) is 23.5 Å². The van der Waals surface area contributed by atoms with Gasteiger partial charge in [0.1, 0.15) is 5.69 Å². The lowest BCUT2D eigenvalue weighted by molar-refractivity contribution is 1.08. The van der Waals surface area contributed by atoms with Crippen molar-refractivity contribution in [2.45, 2.75) is 0 Å². The molecule has 0 radical (unpaired) electrons. The second-order valence-electron chi connectivity index (χ2n) is 12.9. The lowest BCUT2D eigenvalue weighted by Gasteiger charge is -2.16. The molecule has 3 nitrogen and oxygen atoms in total. The summed E-state index contributed by atoms with van der Waals surface area (Å²) in [5.41, 5.74) is 8.29. The Bertz CT molecular complexity index is 3150. The van der Waals surface area contributed by atoms with Crippen LogP contribution in [0.4, 0.5) is 0 Å². The van der Waals surface area contributed by atoms with Gasteiger partial charge in [0.2, 0.25) is 0 Å². The van der Waals surface area contributed by atoms with Gasteiger partial charge in [-0.1, -0.05) is 140 Å². The molecule has 0 unspecified atom stereocenters. The van der Waals surface area contributed by atoms with Crippen LogP contribution in [0.25, 0.3) is 103 Å². The van der Waals surface area contributed by atoms with Crippen molar-refractivity contribution in [2.75, 3.05) is 0 Å². The summed E-state index contributed by atoms with van der Waals surface area (Å²) >= 11 is 1.88. The molecule has 8 aromatic carbocycles. The summed E-state index contributed by atoms with van der Waals surface area (Å²) in [6, 6.07) is 58.7. The van der Waals surface area contributed by atoms with Crippen LogP contribution in [0.2, 0.25) is 0 Å². The second-order valence-corrected chi connectivity index (χ2v) is 14.0. The molecule has 0 spiro atoms. The van der Waals surface area contributed by atoms with Gasteiger partial charge in [0, 0.05) is 47.6 Å². The second kappa shape index (κ2) is 10.6. The van der Waals surface area contributed by atoms with Crippen molar-refractivity contribution in [3.63, 3.8) is 0 Å². The number of hydrogen-bond acceptors (Lipinski definition) is 3. The molecular weight excluding hydrogens is 627 g/mol. The number of nitrogens with zero attached hydrogens (tertiary/aromatic N) is 3. The molecule has 0 saturated heterocycles. The maximum Gasteiger partial charge on any atom is 0.165 e. The zero-order valence-corrected chi connectivity index (χ0v) is 27.7. The number of benzene rings is 8. The summed E-state index contributed by atoms with van der Waals surface area (Å²) < 4.78 is 4.98. The molecule has 4 heteroatoms. The molecule has 50 heavy (non-hydrogen) atoms. The van der Waals surface area contributed by atoms with Crippen LogP contribution >= 0.6 is 11.3 Å². The van der Waals surface area contributed by atoms with Gasteiger partial charge in [0.05, 0.1) is 22.1 Å². The fourth-order valence-electron chi connectivity index (χ4n) is 7.99. The molecular formula is C46H27N3S. The maximum absolute atomic E-state index is 5.44. The van der Waals surface area contributed by atoms with Gasteiger partial charge < -0.3 is 0 Å². The number of rotatable bonds is 3. The summed E-state index contributed by atoms with van der Waals surface area (Å²) in [5, 5.41) is 10.1. The van der Waals surface area contributed by atoms with Gasteiger partial charge in [-0.3, -0.25) is 4.57 Å². The zero-order valence-electron chi connectivity index (χ0n) is 26.8. The van der Waals surface area contributed by atoms with Gasteiger partial charge in [-0.05, 0) is 45.8 Å². The topological polar surface area (TPSA) is 30.7 Å². The molecule has 11 aromatic rings. The predicted molar refractivity (Wildman–Crippen MR) is 213 cm³/mol. The number of hydrogen-bond donors (Lipinski definition) is 0. The van der Waals surface area contributed by atoms with Crippen molar-refractivity contribution in [1.82, 2.24) is 14.5 Å². The minimum absolute atomic E-state index is 0.826. The summed E-state index contributed by atoms with van der Waals surface area (Å²) in [7, 11) is 0. The van der Waals surface area contributed by atoms with Crippen LogP contribution in [0.1, 0.15) is 0 Å². The van der Waals surface area contributed by atoms with Crippen molar-refractivity contribution in [1.29, 1.82) is 0 Å². The normalized spacial score (nSPS) is 12.0. The summed E-state index contributed by atoms with van der Waals surface area (Å²) in [4.78, 5) is 10.7. The van der Waals surface area contributed by atoms with Crippen LogP contribution < -0.4 is 0 Å². The van der Waals surface area contributed by atoms with Crippen molar-refractivity contribution in [3.8, 4) is 28.2 Å². The molecule has 0 aliphatic heterocycles. The predicted octanol–water partition coefficient (Wildman–Crippen LogP) is 12.7. The van der Waals surface area contributed by atoms with Crippen LogP contribution in [0.3, 0.4) is 0 Å². The molecule has 3 heterocycles. The van der Waals surface area contributed by atoms with Crippen LogP contribution in [-0.4, -0.2) is 14.5 Å². The molecule has 0 bridgehead atoms. The summed E-state index contributed by atoms with van der Waals surface area (Å²) in [6.07, 6.45) is 0. The van der Waals surface area contributed by atoms with Gasteiger partial charge >= 0.3 is 0 Å². The largest absolute Gasteiger partial charge is 0.291 e. The molecule has 0 N–H and O–H groups in total. The Hall–Kier alpha value is -6.36. The fourth-order valence-corrected chi connectivity index (χ4v) is 9.24. The van der Waals surface area contributed by atoms with Crippen LogP contribution in [-0.2, 0) is 0 Å². The van der Waals surface area contributed by atoms with E-state index < -0.39 is 0 Å². The Morgan fingerprint density at radius 1 is 0.440 bits per heavy atom. The van der Waals surface area contributed by atoms with Gasteiger partial charge in [-0.25, -0.2) is 9.97 Å². The minimum Gasteiger partial charge on any atom is -0.291 e. The van der Waals surface area contributed by atoms with Crippen molar-refractivity contribution >= 4 is 85.9 Å². The van der Waals surface area contributed by atoms with Gasteiger partial charge in [-0.2, -0.15) is 0 Å². The Kier molecular flexibility index (Phi) is 5.83. The van der Waals surface area contributed by atoms with Gasteiger partial charge in [0.25, 0.3) is 0 Å². The highest BCUT2D eigenvalue weighted by Crippen LogP contribution is 2.47. The Balaban J connectivity index is 1.33. The van der Waals surface area contributed by atoms with Crippen LogP contribution in [0.5, 0.6) is 0 Å². The molecule has 0 aliphatic rings.